The predicted molar refractivity (Wildman–Crippen MR) is 190 cm³/mol. The van der Waals surface area contributed by atoms with Crippen LogP contribution in [0.5, 0.6) is 0 Å². The van der Waals surface area contributed by atoms with Gasteiger partial charge in [-0.1, -0.05) is 35.9 Å². The van der Waals surface area contributed by atoms with Gasteiger partial charge in [0, 0.05) is 30.4 Å². The van der Waals surface area contributed by atoms with Crippen molar-refractivity contribution in [3.63, 3.8) is 0 Å². The van der Waals surface area contributed by atoms with E-state index in [1.807, 2.05) is 0 Å². The number of hydrogen-bond donors (Lipinski definition) is 0. The molecule has 2 heterocycles. The van der Waals surface area contributed by atoms with Crippen molar-refractivity contribution in [2.24, 2.45) is 14.1 Å². The van der Waals surface area contributed by atoms with Crippen molar-refractivity contribution in [3.05, 3.63) is 105 Å². The van der Waals surface area contributed by atoms with Gasteiger partial charge in [-0.3, -0.25) is 0 Å². The summed E-state index contributed by atoms with van der Waals surface area (Å²) in [6, 6.07) is 15.3. The number of halogens is 9. The van der Waals surface area contributed by atoms with Crippen molar-refractivity contribution in [1.29, 1.82) is 15.8 Å². The molecule has 0 fully saturated rings. The Bertz CT molecular complexity index is 3190. The monoisotopic (exact) mass is 782 g/mol. The molecule has 0 spiro atoms. The molecule has 282 valence electrons. The van der Waals surface area contributed by atoms with Crippen LogP contribution in [-0.2, 0) is 32.6 Å². The quantitative estimate of drug-likeness (QED) is 0.0987. The number of aromatic nitrogens is 4. The summed E-state index contributed by atoms with van der Waals surface area (Å²) in [7, 11) is 2.78. The maximum Gasteiger partial charge on any atom is 0.417 e. The summed E-state index contributed by atoms with van der Waals surface area (Å²) in [5, 5.41) is 29.6. The Morgan fingerprint density at radius 3 is 1.82 bits per heavy atom. The first-order chi connectivity index (χ1) is 26.7. The number of nitriles is 3. The number of rotatable bonds is 2. The Balaban J connectivity index is 1.82. The number of nitrogens with zero attached hydrogens (tertiary/aromatic N) is 8. The zero-order valence-electron chi connectivity index (χ0n) is 29.3. The fourth-order valence-corrected chi connectivity index (χ4v) is 7.17. The summed E-state index contributed by atoms with van der Waals surface area (Å²) in [6.07, 6.45) is -15.4. The third kappa shape index (κ3) is 5.92. The van der Waals surface area contributed by atoms with Gasteiger partial charge in [-0.2, -0.15) is 50.0 Å². The molecule has 0 atom stereocenters. The van der Waals surface area contributed by atoms with E-state index in [4.69, 9.17) is 6.57 Å². The van der Waals surface area contributed by atoms with Crippen LogP contribution in [0.3, 0.4) is 0 Å². The van der Waals surface area contributed by atoms with Crippen LogP contribution >= 0.6 is 0 Å². The van der Waals surface area contributed by atoms with Gasteiger partial charge in [-0.25, -0.2) is 20.1 Å². The lowest BCUT2D eigenvalue weighted by Crippen LogP contribution is -2.17. The number of benzene rings is 5. The third-order valence-electron chi connectivity index (χ3n) is 9.68. The Hall–Kier alpha value is -7.37. The van der Waals surface area contributed by atoms with Crippen molar-refractivity contribution >= 4 is 54.9 Å². The minimum absolute atomic E-state index is 0.00923. The maximum absolute atomic E-state index is 14.8. The molecule has 57 heavy (non-hydrogen) atoms. The average Bonchev–Trinajstić information content (AvgIpc) is 3.66. The van der Waals surface area contributed by atoms with Crippen molar-refractivity contribution in [3.8, 4) is 40.5 Å². The van der Waals surface area contributed by atoms with Gasteiger partial charge in [0.25, 0.3) is 0 Å². The first-order valence-electron chi connectivity index (χ1n) is 16.3. The van der Waals surface area contributed by atoms with E-state index >= 15 is 0 Å². The molecular formula is C40H19F9N8. The summed E-state index contributed by atoms with van der Waals surface area (Å²) >= 11 is 0. The topological polar surface area (TPSA) is 111 Å². The fourth-order valence-electron chi connectivity index (χ4n) is 7.17. The van der Waals surface area contributed by atoms with E-state index in [2.05, 4.69) is 14.8 Å². The first kappa shape index (κ1) is 37.9. The lowest BCUT2D eigenvalue weighted by molar-refractivity contribution is -0.143. The smallest absolute Gasteiger partial charge is 0.336 e. The molecule has 0 N–H and O–H groups in total. The molecule has 0 aliphatic heterocycles. The number of imidazole rings is 2. The van der Waals surface area contributed by atoms with Gasteiger partial charge >= 0.3 is 24.2 Å². The predicted octanol–water partition coefficient (Wildman–Crippen LogP) is 9.21. The van der Waals surface area contributed by atoms with Gasteiger partial charge in [0.05, 0.1) is 51.4 Å². The van der Waals surface area contributed by atoms with E-state index in [1.54, 1.807) is 18.2 Å². The van der Waals surface area contributed by atoms with Crippen molar-refractivity contribution in [1.82, 2.24) is 19.1 Å². The van der Waals surface area contributed by atoms with Crippen molar-refractivity contribution in [2.75, 3.05) is 0 Å². The van der Waals surface area contributed by atoms with E-state index in [0.29, 0.717) is 12.1 Å². The van der Waals surface area contributed by atoms with Gasteiger partial charge in [0.2, 0.25) is 0 Å². The van der Waals surface area contributed by atoms with Crippen molar-refractivity contribution in [2.45, 2.75) is 25.5 Å². The Labute approximate surface area is 314 Å². The highest BCUT2D eigenvalue weighted by molar-refractivity contribution is 6.27. The zero-order valence-corrected chi connectivity index (χ0v) is 29.3. The Kier molecular flexibility index (Phi) is 8.56. The molecule has 0 aliphatic carbocycles. The van der Waals surface area contributed by atoms with E-state index in [9.17, 15) is 55.3 Å². The Morgan fingerprint density at radius 2 is 1.23 bits per heavy atom. The van der Waals surface area contributed by atoms with E-state index in [-0.39, 0.29) is 77.3 Å². The first-order valence-corrected chi connectivity index (χ1v) is 16.3. The third-order valence-corrected chi connectivity index (χ3v) is 9.68. The highest BCUT2D eigenvalue weighted by Crippen LogP contribution is 2.47. The minimum Gasteiger partial charge on any atom is -0.336 e. The van der Waals surface area contributed by atoms with E-state index in [1.165, 1.54) is 66.6 Å². The summed E-state index contributed by atoms with van der Waals surface area (Å²) in [5.41, 5.74) is -7.05. The molecule has 0 radical (unpaired) electrons. The second-order valence-corrected chi connectivity index (χ2v) is 13.0. The molecule has 0 bridgehead atoms. The molecule has 0 saturated heterocycles. The van der Waals surface area contributed by atoms with Crippen LogP contribution in [0.2, 0.25) is 0 Å². The largest absolute Gasteiger partial charge is 0.417 e. The number of aryl methyl sites for hydroxylation is 3. The molecule has 7 aromatic rings. The molecule has 7 rings (SSSR count). The highest BCUT2D eigenvalue weighted by atomic mass is 19.4. The van der Waals surface area contributed by atoms with Crippen molar-refractivity contribution < 1.29 is 39.5 Å². The van der Waals surface area contributed by atoms with Gasteiger partial charge < -0.3 is 9.13 Å². The van der Waals surface area contributed by atoms with Crippen LogP contribution in [0, 0.1) is 47.5 Å². The number of hydrogen-bond acceptors (Lipinski definition) is 5. The fraction of sp³-hybridized carbons (Fsp3) is 0.150. The van der Waals surface area contributed by atoms with E-state index in [0.717, 1.165) is 6.07 Å². The average molecular weight is 783 g/mol. The van der Waals surface area contributed by atoms with Crippen LogP contribution in [0.4, 0.5) is 39.5 Å². The molecule has 8 nitrogen and oxygen atoms in total. The maximum atomic E-state index is 14.8. The Morgan fingerprint density at radius 1 is 0.632 bits per heavy atom. The normalized spacial score (nSPS) is 12.8. The standard InChI is InChI=1S/C40H19F9N8/c1-18-5-7-21(28(11-18)39(44,45)46)25-14-31-34(55-37(56(31)3)30(17-52)53-2)32-23(25)9-10-24-26(32)13-27(33-35(24)57(4)36(54-33)19(15-50)16-51)22-8-6-20(38(41,42)43)12-29(22)40(47,48)49/h5-14H,1,3-4H3/b37-30-. The van der Waals surface area contributed by atoms with Gasteiger partial charge in [-0.05, 0) is 64.7 Å². The van der Waals surface area contributed by atoms with Crippen LogP contribution < -0.4 is 11.0 Å². The molecule has 5 aromatic carbocycles. The van der Waals surface area contributed by atoms with Gasteiger partial charge in [0.15, 0.2) is 11.1 Å². The number of fused-ring (bicyclic) bond motifs is 7. The summed E-state index contributed by atoms with van der Waals surface area (Å²) in [6.45, 7) is 9.02. The molecule has 0 aliphatic rings. The van der Waals surface area contributed by atoms with Gasteiger partial charge in [0.1, 0.15) is 17.6 Å². The highest BCUT2D eigenvalue weighted by Gasteiger charge is 2.39. The zero-order chi connectivity index (χ0) is 41.5. The SMILES string of the molecule is [C-]#[N+]/C(C#N)=c1/nc2c3c(ccc4c3cc(-c3ccc(C(F)(F)F)cc3C(F)(F)F)c3nc(=C(C#N)C#N)n(C)c34)c(-c3ccc(C)cc3C(F)(F)F)cc2n1C. The summed E-state index contributed by atoms with van der Waals surface area (Å²) in [5.74, 6) is 0. The van der Waals surface area contributed by atoms with Crippen LogP contribution in [0.1, 0.15) is 22.3 Å². The number of alkyl halides is 9. The van der Waals surface area contributed by atoms with Crippen LogP contribution in [0.25, 0.3) is 82.0 Å². The lowest BCUT2D eigenvalue weighted by atomic mass is 9.88. The second kappa shape index (κ2) is 12.9. The molecule has 0 amide bonds. The summed E-state index contributed by atoms with van der Waals surface area (Å²) < 4.78 is 132. The van der Waals surface area contributed by atoms with Crippen LogP contribution in [-0.4, -0.2) is 19.1 Å². The minimum atomic E-state index is -5.36. The molecule has 2 aromatic heterocycles. The van der Waals surface area contributed by atoms with E-state index < -0.39 is 57.6 Å². The molecular weight excluding hydrogens is 763 g/mol. The molecule has 17 heteroatoms. The molecule has 0 unspecified atom stereocenters. The summed E-state index contributed by atoms with van der Waals surface area (Å²) in [4.78, 5) is 12.2. The molecule has 0 saturated carbocycles. The van der Waals surface area contributed by atoms with Gasteiger partial charge in [-0.15, -0.1) is 0 Å². The lowest BCUT2D eigenvalue weighted by Gasteiger charge is -2.19. The van der Waals surface area contributed by atoms with Crippen LogP contribution in [0.15, 0.2) is 60.7 Å². The second-order valence-electron chi connectivity index (χ2n) is 13.0.